The smallest absolute Gasteiger partial charge is 0.156 e. The summed E-state index contributed by atoms with van der Waals surface area (Å²) < 4.78 is -0.0885. The number of halogens is 1. The molecule has 4 aliphatic carbocycles. The number of hydrogen-bond acceptors (Lipinski definition) is 1. The van der Waals surface area contributed by atoms with E-state index in [0.29, 0.717) is 17.1 Å². The van der Waals surface area contributed by atoms with E-state index in [2.05, 4.69) is 29.8 Å². The Morgan fingerprint density at radius 1 is 1.50 bits per heavy atom. The molecular weight excluding hydrogens is 216 g/mol. The average molecular weight is 229 g/mol. The molecule has 4 aliphatic rings. The highest BCUT2D eigenvalue weighted by Gasteiger charge is 2.82. The van der Waals surface area contributed by atoms with E-state index in [9.17, 15) is 4.79 Å². The first-order chi connectivity index (χ1) is 5.45. The Hall–Kier alpha value is 0.150. The van der Waals surface area contributed by atoms with Gasteiger partial charge in [0, 0.05) is 5.41 Å². The maximum atomic E-state index is 12.0. The van der Waals surface area contributed by atoms with Crippen molar-refractivity contribution < 1.29 is 4.79 Å². The SMILES string of the molecule is C[C@]12CC[C@@H]3[C@](Br)(C[C@]31C)C2=O. The average Bonchev–Trinajstić information content (AvgIpc) is 2.30. The van der Waals surface area contributed by atoms with Crippen LogP contribution in [0, 0.1) is 16.7 Å². The third-order valence-electron chi connectivity index (χ3n) is 5.02. The summed E-state index contributed by atoms with van der Waals surface area (Å²) in [5.41, 5.74) is 0.356. The molecule has 0 amide bonds. The summed E-state index contributed by atoms with van der Waals surface area (Å²) in [4.78, 5) is 12.0. The summed E-state index contributed by atoms with van der Waals surface area (Å²) in [6.07, 6.45) is 3.46. The first-order valence-electron chi connectivity index (χ1n) is 4.69. The predicted octanol–water partition coefficient (Wildman–Crippen LogP) is 2.53. The van der Waals surface area contributed by atoms with Crippen LogP contribution in [0.3, 0.4) is 0 Å². The van der Waals surface area contributed by atoms with Gasteiger partial charge in [0.15, 0.2) is 5.78 Å². The molecule has 0 saturated heterocycles. The van der Waals surface area contributed by atoms with Crippen LogP contribution in [0.15, 0.2) is 0 Å². The van der Waals surface area contributed by atoms with Crippen LogP contribution < -0.4 is 0 Å². The number of ketones is 1. The molecule has 4 saturated carbocycles. The Morgan fingerprint density at radius 3 is 2.50 bits per heavy atom. The van der Waals surface area contributed by atoms with Gasteiger partial charge >= 0.3 is 0 Å². The molecule has 0 unspecified atom stereocenters. The third-order valence-corrected chi connectivity index (χ3v) is 6.21. The molecule has 12 heavy (non-hydrogen) atoms. The molecule has 1 nitrogen and oxygen atoms in total. The van der Waals surface area contributed by atoms with Crippen molar-refractivity contribution in [1.29, 1.82) is 0 Å². The van der Waals surface area contributed by atoms with Crippen LogP contribution in [0.5, 0.6) is 0 Å². The lowest BCUT2D eigenvalue weighted by atomic mass is 9.60. The van der Waals surface area contributed by atoms with Gasteiger partial charge < -0.3 is 0 Å². The number of carbonyl (C=O) groups is 1. The molecule has 4 atom stereocenters. The summed E-state index contributed by atoms with van der Waals surface area (Å²) in [6, 6.07) is 0. The van der Waals surface area contributed by atoms with Crippen molar-refractivity contribution in [3.8, 4) is 0 Å². The maximum absolute atomic E-state index is 12.0. The van der Waals surface area contributed by atoms with Crippen LogP contribution in [-0.2, 0) is 4.79 Å². The van der Waals surface area contributed by atoms with E-state index in [0.717, 1.165) is 12.8 Å². The van der Waals surface area contributed by atoms with Gasteiger partial charge in [0.1, 0.15) is 0 Å². The second kappa shape index (κ2) is 1.56. The van der Waals surface area contributed by atoms with E-state index in [1.54, 1.807) is 0 Å². The third kappa shape index (κ3) is 0.417. The second-order valence-corrected chi connectivity index (χ2v) is 6.62. The van der Waals surface area contributed by atoms with Crippen molar-refractivity contribution in [2.24, 2.45) is 16.7 Å². The van der Waals surface area contributed by atoms with Gasteiger partial charge in [0.2, 0.25) is 0 Å². The number of alkyl halides is 1. The van der Waals surface area contributed by atoms with E-state index in [1.807, 2.05) is 0 Å². The molecule has 4 rings (SSSR count). The number of hydrogen-bond donors (Lipinski definition) is 0. The summed E-state index contributed by atoms with van der Waals surface area (Å²) in [6.45, 7) is 4.47. The summed E-state index contributed by atoms with van der Waals surface area (Å²) >= 11 is 3.65. The van der Waals surface area contributed by atoms with Crippen molar-refractivity contribution >= 4 is 21.7 Å². The normalized spacial score (nSPS) is 66.9. The van der Waals surface area contributed by atoms with Crippen LogP contribution in [0.1, 0.15) is 33.1 Å². The van der Waals surface area contributed by atoms with Gasteiger partial charge in [0.05, 0.1) is 4.32 Å². The fourth-order valence-corrected chi connectivity index (χ4v) is 5.82. The van der Waals surface area contributed by atoms with Crippen LogP contribution in [0.2, 0.25) is 0 Å². The molecule has 0 aromatic carbocycles. The van der Waals surface area contributed by atoms with E-state index in [1.165, 1.54) is 6.42 Å². The van der Waals surface area contributed by atoms with Gasteiger partial charge in [-0.2, -0.15) is 0 Å². The second-order valence-electron chi connectivity index (χ2n) is 5.21. The van der Waals surface area contributed by atoms with Crippen molar-refractivity contribution in [3.05, 3.63) is 0 Å². The maximum Gasteiger partial charge on any atom is 0.156 e. The monoisotopic (exact) mass is 228 g/mol. The van der Waals surface area contributed by atoms with Crippen LogP contribution in [-0.4, -0.2) is 10.1 Å². The van der Waals surface area contributed by atoms with Gasteiger partial charge in [-0.05, 0) is 30.6 Å². The Balaban J connectivity index is 2.24. The lowest BCUT2D eigenvalue weighted by molar-refractivity contribution is -0.126. The molecule has 0 aromatic heterocycles. The minimum absolute atomic E-state index is 0.0150. The minimum Gasteiger partial charge on any atom is -0.297 e. The van der Waals surface area contributed by atoms with Crippen LogP contribution in [0.25, 0.3) is 0 Å². The number of Topliss-reactive ketones (excluding diaryl/α,β-unsaturated/α-hetero) is 1. The molecule has 0 heterocycles. The Morgan fingerprint density at radius 2 is 2.17 bits per heavy atom. The Bertz CT molecular complexity index is 300. The quantitative estimate of drug-likeness (QED) is 0.583. The zero-order valence-corrected chi connectivity index (χ0v) is 9.07. The molecule has 4 fully saturated rings. The van der Waals surface area contributed by atoms with Gasteiger partial charge in [-0.1, -0.05) is 29.8 Å². The zero-order valence-electron chi connectivity index (χ0n) is 7.48. The topological polar surface area (TPSA) is 17.1 Å². The Labute approximate surface area is 81.0 Å². The van der Waals surface area contributed by atoms with Crippen molar-refractivity contribution in [3.63, 3.8) is 0 Å². The fourth-order valence-electron chi connectivity index (χ4n) is 4.07. The van der Waals surface area contributed by atoms with Gasteiger partial charge in [-0.15, -0.1) is 0 Å². The highest BCUT2D eigenvalue weighted by Crippen LogP contribution is 2.81. The van der Waals surface area contributed by atoms with E-state index >= 15 is 0 Å². The van der Waals surface area contributed by atoms with Gasteiger partial charge in [-0.3, -0.25) is 4.79 Å². The molecule has 0 radical (unpaired) electrons. The summed E-state index contributed by atoms with van der Waals surface area (Å²) in [7, 11) is 0. The van der Waals surface area contributed by atoms with Gasteiger partial charge in [-0.25, -0.2) is 0 Å². The van der Waals surface area contributed by atoms with E-state index in [-0.39, 0.29) is 9.74 Å². The molecule has 0 aliphatic heterocycles. The highest BCUT2D eigenvalue weighted by atomic mass is 79.9. The van der Waals surface area contributed by atoms with Crippen LogP contribution >= 0.6 is 15.9 Å². The predicted molar refractivity (Wildman–Crippen MR) is 50.2 cm³/mol. The summed E-state index contributed by atoms with van der Waals surface area (Å²) in [5, 5.41) is 0. The van der Waals surface area contributed by atoms with Crippen molar-refractivity contribution in [2.45, 2.75) is 37.4 Å². The highest BCUT2D eigenvalue weighted by molar-refractivity contribution is 9.10. The standard InChI is InChI=1S/C10H13BrO/c1-8-4-3-6-9(8,2)5-10(6,11)7(8)12/h6H,3-5H2,1-2H3/t6-,8+,9+,10+/m0/s1. The molecule has 4 bridgehead atoms. The van der Waals surface area contributed by atoms with Crippen molar-refractivity contribution in [1.82, 2.24) is 0 Å². The van der Waals surface area contributed by atoms with E-state index in [4.69, 9.17) is 0 Å². The molecule has 0 aromatic rings. The number of rotatable bonds is 0. The van der Waals surface area contributed by atoms with Crippen molar-refractivity contribution in [2.75, 3.05) is 0 Å². The molecule has 66 valence electrons. The molecular formula is C10H13BrO. The Kier molecular flexibility index (Phi) is 0.980. The molecule has 0 N–H and O–H groups in total. The van der Waals surface area contributed by atoms with Crippen LogP contribution in [0.4, 0.5) is 0 Å². The van der Waals surface area contributed by atoms with Gasteiger partial charge in [0.25, 0.3) is 0 Å². The molecule has 2 heteroatoms. The first-order valence-corrected chi connectivity index (χ1v) is 5.48. The lowest BCUT2D eigenvalue weighted by Crippen LogP contribution is -2.49. The minimum atomic E-state index is -0.0885. The number of carbonyl (C=O) groups excluding carboxylic acids is 1. The zero-order chi connectivity index (χ0) is 8.78. The lowest BCUT2D eigenvalue weighted by Gasteiger charge is -2.48. The molecule has 0 spiro atoms. The van der Waals surface area contributed by atoms with E-state index < -0.39 is 0 Å². The fraction of sp³-hybridized carbons (Fsp3) is 0.900. The summed E-state index contributed by atoms with van der Waals surface area (Å²) in [5.74, 6) is 1.14. The largest absolute Gasteiger partial charge is 0.297 e. The first kappa shape index (κ1) is 7.54.